The van der Waals surface area contributed by atoms with E-state index in [1.165, 1.54) is 12.3 Å². The van der Waals surface area contributed by atoms with E-state index in [1.807, 2.05) is 0 Å². The molecule has 2 N–H and O–H groups in total. The molecular weight excluding hydrogens is 354 g/mol. The van der Waals surface area contributed by atoms with Gasteiger partial charge in [-0.05, 0) is 31.2 Å². The number of pyridine rings is 1. The maximum absolute atomic E-state index is 12.1. The average Bonchev–Trinajstić information content (AvgIpc) is 3.12. The zero-order valence-corrected chi connectivity index (χ0v) is 14.6. The molecule has 0 radical (unpaired) electrons. The molecule has 0 saturated carbocycles. The number of amides is 1. The van der Waals surface area contributed by atoms with Crippen LogP contribution in [0.3, 0.4) is 0 Å². The molecule has 9 heteroatoms. The quantitative estimate of drug-likeness (QED) is 0.390. The highest BCUT2D eigenvalue weighted by atomic mass is 32.2. The van der Waals surface area contributed by atoms with Gasteiger partial charge in [-0.1, -0.05) is 23.9 Å². The summed E-state index contributed by atoms with van der Waals surface area (Å²) in [5.41, 5.74) is 3.68. The molecule has 0 fully saturated rings. The fourth-order valence-electron chi connectivity index (χ4n) is 1.93. The lowest BCUT2D eigenvalue weighted by atomic mass is 10.2. The number of hydrazone groups is 1. The molecule has 26 heavy (non-hydrogen) atoms. The molecule has 0 aliphatic rings. The topological polar surface area (TPSA) is 114 Å². The van der Waals surface area contributed by atoms with Crippen molar-refractivity contribution in [2.45, 2.75) is 17.4 Å². The van der Waals surface area contributed by atoms with Crippen molar-refractivity contribution in [2.24, 2.45) is 5.10 Å². The molecule has 1 atom stereocenters. The van der Waals surface area contributed by atoms with Crippen LogP contribution in [0.25, 0.3) is 11.5 Å². The summed E-state index contributed by atoms with van der Waals surface area (Å²) >= 11 is 1.13. The van der Waals surface area contributed by atoms with Gasteiger partial charge < -0.3 is 9.52 Å². The van der Waals surface area contributed by atoms with Crippen molar-refractivity contribution in [1.29, 1.82) is 0 Å². The summed E-state index contributed by atoms with van der Waals surface area (Å²) in [5, 5.41) is 21.2. The Kier molecular flexibility index (Phi) is 5.59. The zero-order valence-electron chi connectivity index (χ0n) is 13.7. The van der Waals surface area contributed by atoms with Gasteiger partial charge >= 0.3 is 0 Å². The van der Waals surface area contributed by atoms with Gasteiger partial charge in [0.2, 0.25) is 5.89 Å². The van der Waals surface area contributed by atoms with E-state index in [0.717, 1.165) is 17.3 Å². The Morgan fingerprint density at radius 2 is 2.04 bits per heavy atom. The predicted molar refractivity (Wildman–Crippen MR) is 96.7 cm³/mol. The smallest absolute Gasteiger partial charge is 0.277 e. The minimum Gasteiger partial charge on any atom is -0.507 e. The predicted octanol–water partition coefficient (Wildman–Crippen LogP) is 2.47. The first kappa shape index (κ1) is 17.6. The van der Waals surface area contributed by atoms with Crippen molar-refractivity contribution in [3.63, 3.8) is 0 Å². The number of thioether (sulfide) groups is 1. The molecule has 8 nitrogen and oxygen atoms in total. The second-order valence-electron chi connectivity index (χ2n) is 5.16. The number of aromatic hydroxyl groups is 1. The number of hydrogen-bond donors (Lipinski definition) is 2. The highest BCUT2D eigenvalue weighted by molar-refractivity contribution is 8.00. The molecule has 1 unspecified atom stereocenters. The van der Waals surface area contributed by atoms with Gasteiger partial charge in [0.05, 0.1) is 11.5 Å². The highest BCUT2D eigenvalue weighted by Gasteiger charge is 2.18. The third-order valence-electron chi connectivity index (χ3n) is 3.30. The molecule has 0 bridgehead atoms. The van der Waals surface area contributed by atoms with Gasteiger partial charge in [0, 0.05) is 23.5 Å². The first-order valence-corrected chi connectivity index (χ1v) is 8.53. The SMILES string of the molecule is CC(Sc1nnc(-c2ccncc2)o1)C(=O)NN=Cc1ccccc1O. The molecule has 132 valence electrons. The second kappa shape index (κ2) is 8.26. The lowest BCUT2D eigenvalue weighted by Crippen LogP contribution is -2.26. The van der Waals surface area contributed by atoms with Crippen molar-refractivity contribution in [3.05, 3.63) is 54.4 Å². The molecule has 0 saturated heterocycles. The number of phenols is 1. The molecule has 0 aliphatic carbocycles. The van der Waals surface area contributed by atoms with Crippen molar-refractivity contribution < 1.29 is 14.3 Å². The number of hydrogen-bond acceptors (Lipinski definition) is 8. The first-order chi connectivity index (χ1) is 12.6. The minimum atomic E-state index is -0.498. The molecule has 1 aromatic carbocycles. The Hall–Kier alpha value is -3.20. The Morgan fingerprint density at radius 3 is 2.81 bits per heavy atom. The van der Waals surface area contributed by atoms with Crippen LogP contribution in [0.4, 0.5) is 0 Å². The van der Waals surface area contributed by atoms with Crippen LogP contribution in [0.2, 0.25) is 0 Å². The normalized spacial score (nSPS) is 12.2. The van der Waals surface area contributed by atoms with Crippen LogP contribution >= 0.6 is 11.8 Å². The van der Waals surface area contributed by atoms with E-state index in [0.29, 0.717) is 11.5 Å². The van der Waals surface area contributed by atoms with Crippen LogP contribution in [-0.2, 0) is 4.79 Å². The third kappa shape index (κ3) is 4.45. The number of aromatic nitrogens is 3. The second-order valence-corrected chi connectivity index (χ2v) is 6.45. The summed E-state index contributed by atoms with van der Waals surface area (Å²) in [6.07, 6.45) is 4.63. The van der Waals surface area contributed by atoms with Gasteiger partial charge in [-0.15, -0.1) is 10.2 Å². The van der Waals surface area contributed by atoms with Gasteiger partial charge in [-0.2, -0.15) is 5.10 Å². The van der Waals surface area contributed by atoms with Crippen LogP contribution in [0.15, 0.2) is 63.5 Å². The van der Waals surface area contributed by atoms with Gasteiger partial charge in [0.25, 0.3) is 11.1 Å². The summed E-state index contributed by atoms with van der Waals surface area (Å²) in [6, 6.07) is 10.2. The number of rotatable bonds is 6. The number of benzene rings is 1. The standard InChI is InChI=1S/C17H15N5O3S/c1-11(15(24)20-19-10-13-4-2-3-5-14(13)23)26-17-22-21-16(25-17)12-6-8-18-9-7-12/h2-11,23H,1H3,(H,20,24). The van der Waals surface area contributed by atoms with Crippen LogP contribution < -0.4 is 5.43 Å². The number of para-hydroxylation sites is 1. The first-order valence-electron chi connectivity index (χ1n) is 7.65. The summed E-state index contributed by atoms with van der Waals surface area (Å²) in [6.45, 7) is 1.70. The summed E-state index contributed by atoms with van der Waals surface area (Å²) < 4.78 is 5.54. The fourth-order valence-corrected chi connectivity index (χ4v) is 2.60. The van der Waals surface area contributed by atoms with E-state index in [-0.39, 0.29) is 16.9 Å². The number of nitrogens with one attached hydrogen (secondary N) is 1. The summed E-state index contributed by atoms with van der Waals surface area (Å²) in [4.78, 5) is 16.0. The van der Waals surface area contributed by atoms with Crippen molar-refractivity contribution in [2.75, 3.05) is 0 Å². The minimum absolute atomic E-state index is 0.0856. The van der Waals surface area contributed by atoms with Crippen molar-refractivity contribution in [3.8, 4) is 17.2 Å². The van der Waals surface area contributed by atoms with E-state index in [2.05, 4.69) is 25.7 Å². The summed E-state index contributed by atoms with van der Waals surface area (Å²) in [7, 11) is 0. The maximum atomic E-state index is 12.1. The third-order valence-corrected chi connectivity index (χ3v) is 4.23. The van der Waals surface area contributed by atoms with Crippen molar-refractivity contribution in [1.82, 2.24) is 20.6 Å². The molecule has 2 heterocycles. The molecule has 2 aromatic heterocycles. The highest BCUT2D eigenvalue weighted by Crippen LogP contribution is 2.25. The van der Waals surface area contributed by atoms with E-state index >= 15 is 0 Å². The Bertz CT molecular complexity index is 914. The lowest BCUT2D eigenvalue weighted by molar-refractivity contribution is -0.120. The summed E-state index contributed by atoms with van der Waals surface area (Å²) in [5.74, 6) is 0.118. The zero-order chi connectivity index (χ0) is 18.4. The number of carbonyl (C=O) groups excluding carboxylic acids is 1. The largest absolute Gasteiger partial charge is 0.507 e. The van der Waals surface area contributed by atoms with Gasteiger partial charge in [0.1, 0.15) is 5.75 Å². The Balaban J connectivity index is 1.56. The maximum Gasteiger partial charge on any atom is 0.277 e. The van der Waals surface area contributed by atoms with Crippen LogP contribution in [0.5, 0.6) is 5.75 Å². The van der Waals surface area contributed by atoms with E-state index in [4.69, 9.17) is 4.42 Å². The molecule has 0 spiro atoms. The lowest BCUT2D eigenvalue weighted by Gasteiger charge is -2.05. The monoisotopic (exact) mass is 369 g/mol. The average molecular weight is 369 g/mol. The Morgan fingerprint density at radius 1 is 1.27 bits per heavy atom. The van der Waals surface area contributed by atoms with E-state index in [9.17, 15) is 9.90 Å². The van der Waals surface area contributed by atoms with Crippen LogP contribution in [-0.4, -0.2) is 37.7 Å². The molecular formula is C17H15N5O3S. The van der Waals surface area contributed by atoms with Gasteiger partial charge in [-0.3, -0.25) is 9.78 Å². The number of nitrogens with zero attached hydrogens (tertiary/aromatic N) is 4. The van der Waals surface area contributed by atoms with Crippen LogP contribution in [0, 0.1) is 0 Å². The van der Waals surface area contributed by atoms with E-state index < -0.39 is 5.25 Å². The van der Waals surface area contributed by atoms with Gasteiger partial charge in [0.15, 0.2) is 0 Å². The van der Waals surface area contributed by atoms with Crippen molar-refractivity contribution >= 4 is 23.9 Å². The molecule has 0 aliphatic heterocycles. The molecule has 3 rings (SSSR count). The number of phenolic OH excluding ortho intramolecular Hbond substituents is 1. The molecule has 1 amide bonds. The number of carbonyl (C=O) groups is 1. The Labute approximate surface area is 153 Å². The van der Waals surface area contributed by atoms with Gasteiger partial charge in [-0.25, -0.2) is 5.43 Å². The van der Waals surface area contributed by atoms with Crippen LogP contribution in [0.1, 0.15) is 12.5 Å². The molecule has 3 aromatic rings. The van der Waals surface area contributed by atoms with E-state index in [1.54, 1.807) is 49.6 Å². The fraction of sp³-hybridized carbons (Fsp3) is 0.118.